The number of amides is 2. The van der Waals surface area contributed by atoms with Crippen molar-refractivity contribution in [1.29, 1.82) is 0 Å². The van der Waals surface area contributed by atoms with E-state index in [0.717, 1.165) is 19.4 Å². The zero-order valence-corrected chi connectivity index (χ0v) is 14.7. The van der Waals surface area contributed by atoms with Gasteiger partial charge in [-0.05, 0) is 33.6 Å². The van der Waals surface area contributed by atoms with Crippen molar-refractivity contribution in [2.24, 2.45) is 5.92 Å². The average Bonchev–Trinajstić information content (AvgIpc) is 3.04. The van der Waals surface area contributed by atoms with Crippen LogP contribution in [0.5, 0.6) is 0 Å². The second-order valence-electron chi connectivity index (χ2n) is 7.08. The first-order valence-corrected chi connectivity index (χ1v) is 8.50. The fourth-order valence-corrected chi connectivity index (χ4v) is 2.80. The Labute approximate surface area is 143 Å². The molecule has 0 saturated carbocycles. The number of carbonyl (C=O) groups excluding carboxylic acids is 2. The van der Waals surface area contributed by atoms with E-state index in [1.165, 1.54) is 6.08 Å². The van der Waals surface area contributed by atoms with Crippen molar-refractivity contribution in [3.63, 3.8) is 0 Å². The van der Waals surface area contributed by atoms with Gasteiger partial charge in [0.05, 0.1) is 13.2 Å². The van der Waals surface area contributed by atoms with Gasteiger partial charge in [0.25, 0.3) is 0 Å². The van der Waals surface area contributed by atoms with Crippen molar-refractivity contribution in [3.05, 3.63) is 12.2 Å². The lowest BCUT2D eigenvalue weighted by Crippen LogP contribution is -2.43. The number of rotatable bonds is 4. The van der Waals surface area contributed by atoms with E-state index in [1.807, 2.05) is 4.90 Å². The zero-order chi connectivity index (χ0) is 17.6. The molecule has 24 heavy (non-hydrogen) atoms. The number of nitrogens with zero attached hydrogens (tertiary/aromatic N) is 1. The van der Waals surface area contributed by atoms with Gasteiger partial charge in [-0.3, -0.25) is 4.79 Å². The van der Waals surface area contributed by atoms with Crippen molar-refractivity contribution in [2.45, 2.75) is 45.5 Å². The molecule has 2 aliphatic heterocycles. The molecule has 0 aromatic rings. The summed E-state index contributed by atoms with van der Waals surface area (Å²) < 4.78 is 16.2. The van der Waals surface area contributed by atoms with E-state index in [4.69, 9.17) is 14.2 Å². The number of carbonyl (C=O) groups is 2. The van der Waals surface area contributed by atoms with Crippen LogP contribution in [0.15, 0.2) is 12.2 Å². The first-order chi connectivity index (χ1) is 11.3. The molecule has 7 heteroatoms. The molecule has 0 radical (unpaired) electrons. The van der Waals surface area contributed by atoms with Gasteiger partial charge >= 0.3 is 6.09 Å². The fraction of sp³-hybridized carbons (Fsp3) is 0.765. The normalized spacial score (nSPS) is 22.8. The first kappa shape index (κ1) is 18.7. The molecule has 2 amide bonds. The van der Waals surface area contributed by atoms with Crippen LogP contribution in [0.25, 0.3) is 0 Å². The van der Waals surface area contributed by atoms with Crippen molar-refractivity contribution in [3.8, 4) is 0 Å². The maximum atomic E-state index is 12.2. The van der Waals surface area contributed by atoms with Crippen LogP contribution < -0.4 is 5.32 Å². The molecule has 2 heterocycles. The van der Waals surface area contributed by atoms with Gasteiger partial charge in [0.1, 0.15) is 5.60 Å². The smallest absolute Gasteiger partial charge is 0.407 e. The molecule has 2 fully saturated rings. The summed E-state index contributed by atoms with van der Waals surface area (Å²) in [6.45, 7) is 8.31. The van der Waals surface area contributed by atoms with Crippen LogP contribution in [-0.4, -0.2) is 61.6 Å². The topological polar surface area (TPSA) is 77.1 Å². The maximum absolute atomic E-state index is 12.2. The third-order valence-electron chi connectivity index (χ3n) is 3.83. The van der Waals surface area contributed by atoms with Crippen LogP contribution in [0.2, 0.25) is 0 Å². The van der Waals surface area contributed by atoms with Gasteiger partial charge in [0.15, 0.2) is 6.29 Å². The number of piperidine rings is 1. The van der Waals surface area contributed by atoms with Crippen LogP contribution >= 0.6 is 0 Å². The molecule has 2 aliphatic rings. The number of ether oxygens (including phenoxy) is 3. The summed E-state index contributed by atoms with van der Waals surface area (Å²) in [5.74, 6) is 0.183. The lowest BCUT2D eigenvalue weighted by atomic mass is 9.97. The Bertz CT molecular complexity index is 466. The molecule has 0 aromatic carbocycles. The van der Waals surface area contributed by atoms with Gasteiger partial charge in [-0.25, -0.2) is 4.79 Å². The standard InChI is InChI=1S/C17H28N2O5/c1-17(2,3)24-16(21)18-8-4-7-14(20)19-9-5-6-13(12-19)15-22-10-11-23-15/h4,7,13,15H,5-6,8-12H2,1-3H3,(H,18,21)/b7-4+. The Balaban J connectivity index is 1.72. The molecule has 136 valence electrons. The van der Waals surface area contributed by atoms with Crippen LogP contribution in [0, 0.1) is 5.92 Å². The van der Waals surface area contributed by atoms with Crippen molar-refractivity contribution < 1.29 is 23.8 Å². The SMILES string of the molecule is CC(C)(C)OC(=O)NC/C=C/C(=O)N1CCCC(C2OCCO2)C1. The summed E-state index contributed by atoms with van der Waals surface area (Å²) in [7, 11) is 0. The number of nitrogens with one attached hydrogen (secondary N) is 1. The van der Waals surface area contributed by atoms with Gasteiger partial charge in [0.2, 0.25) is 5.91 Å². The quantitative estimate of drug-likeness (QED) is 0.788. The second kappa shape index (κ2) is 8.48. The molecule has 1 atom stereocenters. The molecule has 0 bridgehead atoms. The summed E-state index contributed by atoms with van der Waals surface area (Å²) >= 11 is 0. The molecule has 2 saturated heterocycles. The number of hydrogen-bond acceptors (Lipinski definition) is 5. The highest BCUT2D eigenvalue weighted by Gasteiger charge is 2.32. The highest BCUT2D eigenvalue weighted by molar-refractivity contribution is 5.87. The number of likely N-dealkylation sites (tertiary alicyclic amines) is 1. The zero-order valence-electron chi connectivity index (χ0n) is 14.7. The molecule has 7 nitrogen and oxygen atoms in total. The van der Waals surface area contributed by atoms with Gasteiger partial charge in [-0.1, -0.05) is 6.08 Å². The predicted molar refractivity (Wildman–Crippen MR) is 88.4 cm³/mol. The summed E-state index contributed by atoms with van der Waals surface area (Å²) in [6, 6.07) is 0. The van der Waals surface area contributed by atoms with Gasteiger partial charge in [-0.2, -0.15) is 0 Å². The second-order valence-corrected chi connectivity index (χ2v) is 7.08. The Morgan fingerprint density at radius 3 is 2.67 bits per heavy atom. The predicted octanol–water partition coefficient (Wildman–Crippen LogP) is 1.68. The minimum atomic E-state index is -0.531. The Hall–Kier alpha value is -1.60. The minimum Gasteiger partial charge on any atom is -0.444 e. The third kappa shape index (κ3) is 6.13. The van der Waals surface area contributed by atoms with Gasteiger partial charge < -0.3 is 24.4 Å². The van der Waals surface area contributed by atoms with E-state index in [9.17, 15) is 9.59 Å². The Morgan fingerprint density at radius 1 is 1.29 bits per heavy atom. The lowest BCUT2D eigenvalue weighted by Gasteiger charge is -2.34. The van der Waals surface area contributed by atoms with Gasteiger partial charge in [-0.15, -0.1) is 0 Å². The summed E-state index contributed by atoms with van der Waals surface area (Å²) in [5, 5.41) is 2.59. The van der Waals surface area contributed by atoms with Crippen LogP contribution in [-0.2, 0) is 19.0 Å². The average molecular weight is 340 g/mol. The Morgan fingerprint density at radius 2 is 2.00 bits per heavy atom. The summed E-state index contributed by atoms with van der Waals surface area (Å²) in [4.78, 5) is 25.6. The molecule has 2 rings (SSSR count). The van der Waals surface area contributed by atoms with E-state index in [0.29, 0.717) is 19.8 Å². The van der Waals surface area contributed by atoms with Gasteiger partial charge in [0, 0.05) is 31.6 Å². The molecule has 1 N–H and O–H groups in total. The molecule has 0 spiro atoms. The maximum Gasteiger partial charge on any atom is 0.407 e. The largest absolute Gasteiger partial charge is 0.444 e. The van der Waals surface area contributed by atoms with Crippen molar-refractivity contribution >= 4 is 12.0 Å². The summed E-state index contributed by atoms with van der Waals surface area (Å²) in [5.41, 5.74) is -0.531. The third-order valence-corrected chi connectivity index (χ3v) is 3.83. The highest BCUT2D eigenvalue weighted by Crippen LogP contribution is 2.24. The van der Waals surface area contributed by atoms with Crippen LogP contribution in [0.3, 0.4) is 0 Å². The molecule has 0 aromatic heterocycles. The number of alkyl carbamates (subject to hydrolysis) is 1. The first-order valence-electron chi connectivity index (χ1n) is 8.50. The Kier molecular flexibility index (Phi) is 6.62. The van der Waals surface area contributed by atoms with E-state index in [2.05, 4.69) is 5.32 Å². The molecule has 0 aliphatic carbocycles. The minimum absolute atomic E-state index is 0.0521. The monoisotopic (exact) mass is 340 g/mol. The molecular weight excluding hydrogens is 312 g/mol. The van der Waals surface area contributed by atoms with E-state index < -0.39 is 11.7 Å². The highest BCUT2D eigenvalue weighted by atomic mass is 16.7. The molecular formula is C17H28N2O5. The van der Waals surface area contributed by atoms with Crippen LogP contribution in [0.4, 0.5) is 4.79 Å². The fourth-order valence-electron chi connectivity index (χ4n) is 2.80. The van der Waals surface area contributed by atoms with E-state index in [1.54, 1.807) is 26.8 Å². The van der Waals surface area contributed by atoms with Crippen LogP contribution in [0.1, 0.15) is 33.6 Å². The van der Waals surface area contributed by atoms with E-state index >= 15 is 0 Å². The molecule has 1 unspecified atom stereocenters. The number of hydrogen-bond donors (Lipinski definition) is 1. The lowest BCUT2D eigenvalue weighted by molar-refractivity contribution is -0.134. The van der Waals surface area contributed by atoms with Crippen molar-refractivity contribution in [2.75, 3.05) is 32.8 Å². The van der Waals surface area contributed by atoms with Crippen molar-refractivity contribution in [1.82, 2.24) is 10.2 Å². The van der Waals surface area contributed by atoms with E-state index in [-0.39, 0.29) is 24.7 Å². The summed E-state index contributed by atoms with van der Waals surface area (Å²) in [6.07, 6.45) is 4.42.